The van der Waals surface area contributed by atoms with Crippen molar-refractivity contribution in [1.29, 1.82) is 0 Å². The summed E-state index contributed by atoms with van der Waals surface area (Å²) in [5.41, 5.74) is 0.817. The number of nitrogens with one attached hydrogen (secondary N) is 2. The third-order valence-corrected chi connectivity index (χ3v) is 5.23. The zero-order valence-electron chi connectivity index (χ0n) is 17.5. The molecule has 1 fully saturated rings. The van der Waals surface area contributed by atoms with Crippen LogP contribution in [-0.2, 0) is 7.05 Å². The van der Waals surface area contributed by atoms with Gasteiger partial charge in [-0.2, -0.15) is 5.10 Å². The lowest BCUT2D eigenvalue weighted by Gasteiger charge is -2.34. The van der Waals surface area contributed by atoms with Crippen LogP contribution in [0.4, 0.5) is 5.82 Å². The van der Waals surface area contributed by atoms with Crippen LogP contribution in [0.25, 0.3) is 11.0 Å². The van der Waals surface area contributed by atoms with Crippen LogP contribution in [0.3, 0.4) is 0 Å². The monoisotopic (exact) mass is 408 g/mol. The van der Waals surface area contributed by atoms with E-state index in [2.05, 4.69) is 35.6 Å². The maximum atomic E-state index is 6.09. The first-order valence-electron chi connectivity index (χ1n) is 10.3. The van der Waals surface area contributed by atoms with Crippen LogP contribution in [0.15, 0.2) is 47.8 Å². The molecule has 2 aromatic heterocycles. The number of hydrogen-bond donors (Lipinski definition) is 2. The highest BCUT2D eigenvalue weighted by Crippen LogP contribution is 2.19. The summed E-state index contributed by atoms with van der Waals surface area (Å²) < 4.78 is 7.83. The lowest BCUT2D eigenvalue weighted by atomic mass is 10.1. The normalized spacial score (nSPS) is 15.4. The van der Waals surface area contributed by atoms with E-state index >= 15 is 0 Å². The minimum atomic E-state index is 0.253. The summed E-state index contributed by atoms with van der Waals surface area (Å²) in [7, 11) is 3.70. The van der Waals surface area contributed by atoms with E-state index in [-0.39, 0.29) is 6.10 Å². The summed E-state index contributed by atoms with van der Waals surface area (Å²) in [6.07, 6.45) is 5.55. The Balaban J connectivity index is 1.22. The highest BCUT2D eigenvalue weighted by atomic mass is 16.5. The maximum Gasteiger partial charge on any atom is 0.193 e. The molecule has 3 aromatic rings. The van der Waals surface area contributed by atoms with Crippen molar-refractivity contribution in [3.8, 4) is 5.75 Å². The number of nitrogens with zero attached hydrogens (tertiary/aromatic N) is 6. The average molecular weight is 409 g/mol. The second-order valence-electron chi connectivity index (χ2n) is 7.25. The van der Waals surface area contributed by atoms with Crippen molar-refractivity contribution in [1.82, 2.24) is 30.0 Å². The summed E-state index contributed by atoms with van der Waals surface area (Å²) in [6.45, 7) is 3.30. The molecule has 3 heterocycles. The number of aryl methyl sites for hydroxylation is 1. The van der Waals surface area contributed by atoms with Crippen LogP contribution in [0.1, 0.15) is 12.8 Å². The number of benzene rings is 1. The van der Waals surface area contributed by atoms with E-state index < -0.39 is 0 Å². The van der Waals surface area contributed by atoms with Crippen molar-refractivity contribution in [2.24, 2.45) is 12.0 Å². The van der Waals surface area contributed by atoms with Crippen molar-refractivity contribution in [2.45, 2.75) is 18.9 Å². The molecule has 0 amide bonds. The molecule has 30 heavy (non-hydrogen) atoms. The fourth-order valence-electron chi connectivity index (χ4n) is 3.67. The third-order valence-electron chi connectivity index (χ3n) is 5.23. The van der Waals surface area contributed by atoms with Gasteiger partial charge in [-0.05, 0) is 12.1 Å². The molecular formula is C21H28N8O. The Morgan fingerprint density at radius 2 is 1.97 bits per heavy atom. The quantitative estimate of drug-likeness (QED) is 0.366. The average Bonchev–Trinajstić information content (AvgIpc) is 3.17. The van der Waals surface area contributed by atoms with Crippen LogP contribution in [0.2, 0.25) is 0 Å². The van der Waals surface area contributed by atoms with Gasteiger partial charge in [0, 0.05) is 53.1 Å². The van der Waals surface area contributed by atoms with E-state index in [1.54, 1.807) is 17.2 Å². The molecule has 0 bridgehead atoms. The Bertz CT molecular complexity index is 979. The molecule has 4 rings (SSSR count). The maximum absolute atomic E-state index is 6.09. The van der Waals surface area contributed by atoms with Crippen molar-refractivity contribution in [3.05, 3.63) is 42.9 Å². The van der Waals surface area contributed by atoms with Crippen molar-refractivity contribution >= 4 is 22.8 Å². The Morgan fingerprint density at radius 3 is 2.73 bits per heavy atom. The van der Waals surface area contributed by atoms with E-state index in [4.69, 9.17) is 4.74 Å². The molecule has 0 atom stereocenters. The second kappa shape index (κ2) is 9.43. The molecule has 9 heteroatoms. The number of hydrogen-bond acceptors (Lipinski definition) is 6. The van der Waals surface area contributed by atoms with Gasteiger partial charge < -0.3 is 20.3 Å². The first-order valence-corrected chi connectivity index (χ1v) is 10.3. The summed E-state index contributed by atoms with van der Waals surface area (Å²) >= 11 is 0. The highest BCUT2D eigenvalue weighted by molar-refractivity contribution is 5.86. The number of piperidine rings is 1. The lowest BCUT2D eigenvalue weighted by molar-refractivity contribution is 0.129. The molecule has 1 aliphatic heterocycles. The van der Waals surface area contributed by atoms with Crippen LogP contribution in [0, 0.1) is 0 Å². The minimum absolute atomic E-state index is 0.253. The summed E-state index contributed by atoms with van der Waals surface area (Å²) in [5.74, 6) is 2.66. The number of para-hydroxylation sites is 1. The predicted molar refractivity (Wildman–Crippen MR) is 118 cm³/mol. The fourth-order valence-corrected chi connectivity index (χ4v) is 3.67. The van der Waals surface area contributed by atoms with Gasteiger partial charge in [-0.25, -0.2) is 9.97 Å². The zero-order valence-corrected chi connectivity index (χ0v) is 17.5. The van der Waals surface area contributed by atoms with E-state index in [9.17, 15) is 0 Å². The van der Waals surface area contributed by atoms with Crippen molar-refractivity contribution < 1.29 is 4.74 Å². The van der Waals surface area contributed by atoms with Gasteiger partial charge in [0.05, 0.1) is 11.6 Å². The van der Waals surface area contributed by atoms with Gasteiger partial charge in [0.25, 0.3) is 0 Å². The number of ether oxygens (including phenoxy) is 1. The van der Waals surface area contributed by atoms with Gasteiger partial charge in [0.1, 0.15) is 24.0 Å². The number of aliphatic imine (C=N–C) groups is 1. The Morgan fingerprint density at radius 1 is 1.17 bits per heavy atom. The number of anilines is 1. The predicted octanol–water partition coefficient (Wildman–Crippen LogP) is 1.89. The van der Waals surface area contributed by atoms with Gasteiger partial charge in [-0.1, -0.05) is 18.2 Å². The molecule has 0 aliphatic carbocycles. The van der Waals surface area contributed by atoms with E-state index in [1.165, 1.54) is 0 Å². The lowest BCUT2D eigenvalue weighted by Crippen LogP contribution is -2.48. The van der Waals surface area contributed by atoms with Gasteiger partial charge >= 0.3 is 0 Å². The zero-order chi connectivity index (χ0) is 20.8. The summed E-state index contributed by atoms with van der Waals surface area (Å²) in [5, 5.41) is 12.0. The first kappa shape index (κ1) is 19.9. The number of guanidine groups is 1. The standard InChI is InChI=1S/C21H28N8O/c1-22-21(29-12-8-17(9-13-29)30-16-6-4-3-5-7-16)24-11-10-23-19-18-14-27-28(2)20(18)26-15-25-19/h3-7,14-15,17H,8-13H2,1-2H3,(H,22,24)(H,23,25,26). The highest BCUT2D eigenvalue weighted by Gasteiger charge is 2.22. The van der Waals surface area contributed by atoms with Crippen LogP contribution in [0.5, 0.6) is 5.75 Å². The fraction of sp³-hybridized carbons (Fsp3) is 0.429. The molecule has 1 aromatic carbocycles. The van der Waals surface area contributed by atoms with Gasteiger partial charge in [-0.15, -0.1) is 0 Å². The molecule has 0 unspecified atom stereocenters. The van der Waals surface area contributed by atoms with Crippen LogP contribution >= 0.6 is 0 Å². The van der Waals surface area contributed by atoms with Crippen LogP contribution < -0.4 is 15.4 Å². The Kier molecular flexibility index (Phi) is 6.26. The van der Waals surface area contributed by atoms with E-state index in [0.717, 1.165) is 61.0 Å². The molecule has 0 spiro atoms. The SMILES string of the molecule is CN=C(NCCNc1ncnc2c1cnn2C)N1CCC(Oc2ccccc2)CC1. The molecule has 1 saturated heterocycles. The molecule has 158 valence electrons. The second-order valence-corrected chi connectivity index (χ2v) is 7.25. The smallest absolute Gasteiger partial charge is 0.193 e. The van der Waals surface area contributed by atoms with Crippen LogP contribution in [-0.4, -0.2) is 69.9 Å². The number of fused-ring (bicyclic) bond motifs is 1. The van der Waals surface area contributed by atoms with Gasteiger partial charge in [0.15, 0.2) is 11.6 Å². The molecule has 0 saturated carbocycles. The number of rotatable bonds is 6. The van der Waals surface area contributed by atoms with E-state index in [0.29, 0.717) is 6.54 Å². The number of likely N-dealkylation sites (tertiary alicyclic amines) is 1. The Labute approximate surface area is 176 Å². The molecule has 0 radical (unpaired) electrons. The molecule has 2 N–H and O–H groups in total. The van der Waals surface area contributed by atoms with Gasteiger partial charge in [-0.3, -0.25) is 9.67 Å². The summed E-state index contributed by atoms with van der Waals surface area (Å²) in [6, 6.07) is 10.0. The van der Waals surface area contributed by atoms with Crippen molar-refractivity contribution in [3.63, 3.8) is 0 Å². The first-order chi connectivity index (χ1) is 14.7. The molecule has 1 aliphatic rings. The van der Waals surface area contributed by atoms with E-state index in [1.807, 2.05) is 44.4 Å². The largest absolute Gasteiger partial charge is 0.490 e. The number of aromatic nitrogens is 4. The third kappa shape index (κ3) is 4.61. The van der Waals surface area contributed by atoms with Crippen molar-refractivity contribution in [2.75, 3.05) is 38.5 Å². The molecular weight excluding hydrogens is 380 g/mol. The minimum Gasteiger partial charge on any atom is -0.490 e. The van der Waals surface area contributed by atoms with Gasteiger partial charge in [0.2, 0.25) is 0 Å². The molecule has 9 nitrogen and oxygen atoms in total. The summed E-state index contributed by atoms with van der Waals surface area (Å²) in [4.78, 5) is 15.3. The topological polar surface area (TPSA) is 92.5 Å². The Hall–Kier alpha value is -3.36.